The van der Waals surface area contributed by atoms with Crippen molar-refractivity contribution >= 4 is 0 Å². The van der Waals surface area contributed by atoms with Crippen LogP contribution in [-0.4, -0.2) is 12.1 Å². The Balaban J connectivity index is 2.24. The van der Waals surface area contributed by atoms with E-state index in [1.165, 1.54) is 32.1 Å². The Morgan fingerprint density at radius 2 is 2.15 bits per heavy atom. The highest BCUT2D eigenvalue weighted by atomic mass is 14.9. The molecule has 1 saturated carbocycles. The molecule has 0 aromatic heterocycles. The summed E-state index contributed by atoms with van der Waals surface area (Å²) in [5, 5.41) is 3.74. The zero-order valence-electron chi connectivity index (χ0n) is 9.69. The summed E-state index contributed by atoms with van der Waals surface area (Å²) in [7, 11) is 0. The van der Waals surface area contributed by atoms with Crippen LogP contribution < -0.4 is 5.32 Å². The third-order valence-corrected chi connectivity index (χ3v) is 3.21. The van der Waals surface area contributed by atoms with Gasteiger partial charge in [0.15, 0.2) is 0 Å². The van der Waals surface area contributed by atoms with Crippen molar-refractivity contribution in [3.05, 3.63) is 0 Å². The minimum Gasteiger partial charge on any atom is -0.311 e. The zero-order valence-corrected chi connectivity index (χ0v) is 9.69. The van der Waals surface area contributed by atoms with Gasteiger partial charge in [-0.15, -0.1) is 0 Å². The van der Waals surface area contributed by atoms with E-state index in [0.717, 1.165) is 6.04 Å². The van der Waals surface area contributed by atoms with E-state index in [-0.39, 0.29) is 0 Å². The SMILES string of the molecule is CCCC(C)NC1CCC(C)(C)C1. The molecule has 2 unspecified atom stereocenters. The monoisotopic (exact) mass is 183 g/mol. The summed E-state index contributed by atoms with van der Waals surface area (Å²) in [4.78, 5) is 0. The van der Waals surface area contributed by atoms with Gasteiger partial charge < -0.3 is 5.32 Å². The predicted molar refractivity (Wildman–Crippen MR) is 58.9 cm³/mol. The second-order valence-electron chi connectivity index (χ2n) is 5.46. The smallest absolute Gasteiger partial charge is 0.00748 e. The van der Waals surface area contributed by atoms with Crippen molar-refractivity contribution in [3.8, 4) is 0 Å². The van der Waals surface area contributed by atoms with E-state index in [1.807, 2.05) is 0 Å². The Bertz CT molecular complexity index is 151. The van der Waals surface area contributed by atoms with Crippen molar-refractivity contribution in [2.24, 2.45) is 5.41 Å². The zero-order chi connectivity index (χ0) is 9.90. The van der Waals surface area contributed by atoms with Crippen LogP contribution in [0.25, 0.3) is 0 Å². The van der Waals surface area contributed by atoms with Crippen molar-refractivity contribution in [3.63, 3.8) is 0 Å². The fraction of sp³-hybridized carbons (Fsp3) is 1.00. The van der Waals surface area contributed by atoms with Gasteiger partial charge >= 0.3 is 0 Å². The van der Waals surface area contributed by atoms with Crippen LogP contribution in [0.15, 0.2) is 0 Å². The van der Waals surface area contributed by atoms with Gasteiger partial charge in [-0.3, -0.25) is 0 Å². The van der Waals surface area contributed by atoms with Gasteiger partial charge in [-0.2, -0.15) is 0 Å². The van der Waals surface area contributed by atoms with E-state index in [2.05, 4.69) is 33.0 Å². The third kappa shape index (κ3) is 3.68. The summed E-state index contributed by atoms with van der Waals surface area (Å²) in [6, 6.07) is 1.50. The fourth-order valence-electron chi connectivity index (χ4n) is 2.50. The molecule has 0 bridgehead atoms. The van der Waals surface area contributed by atoms with Crippen LogP contribution in [0, 0.1) is 5.41 Å². The summed E-state index contributed by atoms with van der Waals surface area (Å²) >= 11 is 0. The van der Waals surface area contributed by atoms with Gasteiger partial charge in [-0.25, -0.2) is 0 Å². The lowest BCUT2D eigenvalue weighted by Crippen LogP contribution is -2.35. The van der Waals surface area contributed by atoms with Crippen molar-refractivity contribution < 1.29 is 0 Å². The molecule has 1 heteroatoms. The molecule has 0 heterocycles. The maximum absolute atomic E-state index is 3.74. The summed E-state index contributed by atoms with van der Waals surface area (Å²) in [5.74, 6) is 0. The molecule has 1 aliphatic carbocycles. The van der Waals surface area contributed by atoms with Crippen molar-refractivity contribution in [1.82, 2.24) is 5.32 Å². The van der Waals surface area contributed by atoms with E-state index in [9.17, 15) is 0 Å². The third-order valence-electron chi connectivity index (χ3n) is 3.21. The Labute approximate surface area is 83.3 Å². The highest BCUT2D eigenvalue weighted by Gasteiger charge is 2.30. The second-order valence-corrected chi connectivity index (χ2v) is 5.46. The first-order valence-electron chi connectivity index (χ1n) is 5.79. The average molecular weight is 183 g/mol. The molecular weight excluding hydrogens is 158 g/mol. The Morgan fingerprint density at radius 3 is 2.62 bits per heavy atom. The van der Waals surface area contributed by atoms with Crippen molar-refractivity contribution in [1.29, 1.82) is 0 Å². The molecular formula is C12H25N. The summed E-state index contributed by atoms with van der Waals surface area (Å²) in [6.45, 7) is 9.35. The van der Waals surface area contributed by atoms with E-state index in [0.29, 0.717) is 11.5 Å². The fourth-order valence-corrected chi connectivity index (χ4v) is 2.50. The normalized spacial score (nSPS) is 29.1. The molecule has 0 aliphatic heterocycles. The molecule has 78 valence electrons. The summed E-state index contributed by atoms with van der Waals surface area (Å²) in [6.07, 6.45) is 6.74. The molecule has 1 aliphatic rings. The quantitative estimate of drug-likeness (QED) is 0.705. The van der Waals surface area contributed by atoms with E-state index in [4.69, 9.17) is 0 Å². The first kappa shape index (κ1) is 11.0. The highest BCUT2D eigenvalue weighted by Crippen LogP contribution is 2.37. The molecule has 0 saturated heterocycles. The Kier molecular flexibility index (Phi) is 3.78. The molecule has 0 radical (unpaired) electrons. The molecule has 0 aromatic rings. The van der Waals surface area contributed by atoms with Crippen molar-refractivity contribution in [2.75, 3.05) is 0 Å². The minimum absolute atomic E-state index is 0.587. The molecule has 0 amide bonds. The maximum Gasteiger partial charge on any atom is 0.00748 e. The maximum atomic E-state index is 3.74. The molecule has 0 spiro atoms. The highest BCUT2D eigenvalue weighted by molar-refractivity contribution is 4.87. The first-order valence-corrected chi connectivity index (χ1v) is 5.79. The lowest BCUT2D eigenvalue weighted by atomic mass is 9.92. The molecule has 1 fully saturated rings. The second kappa shape index (κ2) is 4.45. The van der Waals surface area contributed by atoms with Crippen LogP contribution >= 0.6 is 0 Å². The van der Waals surface area contributed by atoms with E-state index >= 15 is 0 Å². The Morgan fingerprint density at radius 1 is 1.46 bits per heavy atom. The van der Waals surface area contributed by atoms with Crippen molar-refractivity contribution in [2.45, 2.75) is 71.9 Å². The largest absolute Gasteiger partial charge is 0.311 e. The molecule has 0 aromatic carbocycles. The van der Waals surface area contributed by atoms with Gasteiger partial charge in [0, 0.05) is 12.1 Å². The molecule has 1 N–H and O–H groups in total. The minimum atomic E-state index is 0.587. The van der Waals surface area contributed by atoms with Crippen LogP contribution in [-0.2, 0) is 0 Å². The van der Waals surface area contributed by atoms with Gasteiger partial charge in [-0.1, -0.05) is 27.2 Å². The Hall–Kier alpha value is -0.0400. The van der Waals surface area contributed by atoms with Gasteiger partial charge in [0.2, 0.25) is 0 Å². The predicted octanol–water partition coefficient (Wildman–Crippen LogP) is 3.34. The number of rotatable bonds is 4. The van der Waals surface area contributed by atoms with Crippen LogP contribution in [0.4, 0.5) is 0 Å². The van der Waals surface area contributed by atoms with Crippen LogP contribution in [0.3, 0.4) is 0 Å². The van der Waals surface area contributed by atoms with Crippen LogP contribution in [0.5, 0.6) is 0 Å². The van der Waals surface area contributed by atoms with E-state index < -0.39 is 0 Å². The molecule has 13 heavy (non-hydrogen) atoms. The molecule has 1 rings (SSSR count). The molecule has 2 atom stereocenters. The summed E-state index contributed by atoms with van der Waals surface area (Å²) in [5.41, 5.74) is 0.587. The summed E-state index contributed by atoms with van der Waals surface area (Å²) < 4.78 is 0. The van der Waals surface area contributed by atoms with Gasteiger partial charge in [0.05, 0.1) is 0 Å². The molecule has 1 nitrogen and oxygen atoms in total. The average Bonchev–Trinajstić information content (AvgIpc) is 2.30. The van der Waals surface area contributed by atoms with Gasteiger partial charge in [-0.05, 0) is 38.0 Å². The lowest BCUT2D eigenvalue weighted by molar-refractivity contribution is 0.351. The van der Waals surface area contributed by atoms with Gasteiger partial charge in [0.1, 0.15) is 0 Å². The topological polar surface area (TPSA) is 12.0 Å². The van der Waals surface area contributed by atoms with Crippen LogP contribution in [0.2, 0.25) is 0 Å². The van der Waals surface area contributed by atoms with Crippen LogP contribution in [0.1, 0.15) is 59.8 Å². The lowest BCUT2D eigenvalue weighted by Gasteiger charge is -2.21. The number of hydrogen-bond acceptors (Lipinski definition) is 1. The van der Waals surface area contributed by atoms with Gasteiger partial charge in [0.25, 0.3) is 0 Å². The number of nitrogens with one attached hydrogen (secondary N) is 1. The standard InChI is InChI=1S/C12H25N/c1-5-6-10(2)13-11-7-8-12(3,4)9-11/h10-11,13H,5-9H2,1-4H3. The number of hydrogen-bond donors (Lipinski definition) is 1. The van der Waals surface area contributed by atoms with E-state index in [1.54, 1.807) is 0 Å². The first-order chi connectivity index (χ1) is 6.03.